The van der Waals surface area contributed by atoms with E-state index in [0.29, 0.717) is 14.9 Å². The van der Waals surface area contributed by atoms with Crippen molar-refractivity contribution in [1.29, 1.82) is 0 Å². The van der Waals surface area contributed by atoms with E-state index in [2.05, 4.69) is 5.32 Å². The molecule has 0 bridgehead atoms. The van der Waals surface area contributed by atoms with Crippen LogP contribution in [0.15, 0.2) is 46.2 Å². The fourth-order valence-electron chi connectivity index (χ4n) is 1.24. The predicted octanol–water partition coefficient (Wildman–Crippen LogP) is 2.28. The summed E-state index contributed by atoms with van der Waals surface area (Å²) in [5.74, 6) is -0.496. The molecule has 0 radical (unpaired) electrons. The Balaban J connectivity index is 2.10. The molecule has 3 nitrogen and oxygen atoms in total. The Kier molecular flexibility index (Phi) is 3.68. The predicted molar refractivity (Wildman–Crippen MR) is 75.5 cm³/mol. The molecule has 0 fully saturated rings. The zero-order chi connectivity index (χ0) is 12.3. The Bertz CT molecular complexity index is 532. The van der Waals surface area contributed by atoms with Crippen molar-refractivity contribution >= 4 is 35.8 Å². The standard InChI is InChI=1S/C12H10FIN2O/c13-8-1-3-10(4-2-8)16-12(17)11-7-9(15)5-6-14-11/h1-7H,15H2,(H,16,17). The largest absolute Gasteiger partial charge is 0.399 e. The summed E-state index contributed by atoms with van der Waals surface area (Å²) in [4.78, 5) is 11.8. The number of carbonyl (C=O) groups is 1. The van der Waals surface area contributed by atoms with Crippen molar-refractivity contribution in [2.24, 2.45) is 5.73 Å². The maximum Gasteiger partial charge on any atom is 0.261 e. The topological polar surface area (TPSA) is 55.1 Å². The fourth-order valence-corrected chi connectivity index (χ4v) is 3.18. The highest BCUT2D eigenvalue weighted by atomic mass is 127. The second-order valence-electron chi connectivity index (χ2n) is 3.36. The second-order valence-corrected chi connectivity index (χ2v) is 5.86. The smallest absolute Gasteiger partial charge is 0.261 e. The molecule has 3 N–H and O–H groups in total. The van der Waals surface area contributed by atoms with Crippen LogP contribution in [0.3, 0.4) is 0 Å². The van der Waals surface area contributed by atoms with E-state index in [1.807, 2.05) is 10.2 Å². The van der Waals surface area contributed by atoms with Gasteiger partial charge in [0, 0.05) is 11.4 Å². The molecule has 0 saturated carbocycles. The number of amides is 1. The molecule has 0 spiro atoms. The molecule has 0 atom stereocenters. The molecule has 0 aliphatic carbocycles. The second kappa shape index (κ2) is 5.22. The first-order valence-electron chi connectivity index (χ1n) is 4.86. The van der Waals surface area contributed by atoms with Crippen LogP contribution in [0.2, 0.25) is 0 Å². The van der Waals surface area contributed by atoms with Gasteiger partial charge in [0.05, 0.1) is 3.51 Å². The maximum atomic E-state index is 12.7. The fraction of sp³-hybridized carbons (Fsp3) is 0. The molecule has 1 aliphatic heterocycles. The zero-order valence-corrected chi connectivity index (χ0v) is 10.9. The van der Waals surface area contributed by atoms with Crippen molar-refractivity contribution in [3.63, 3.8) is 0 Å². The Labute approximate surface area is 108 Å². The number of nitrogens with one attached hydrogen (secondary N) is 1. The first-order chi connectivity index (χ1) is 8.15. The zero-order valence-electron chi connectivity index (χ0n) is 8.78. The van der Waals surface area contributed by atoms with Crippen molar-refractivity contribution in [2.75, 3.05) is 5.32 Å². The van der Waals surface area contributed by atoms with E-state index in [9.17, 15) is 9.18 Å². The average Bonchev–Trinajstić information content (AvgIpc) is 2.32. The Hall–Kier alpha value is -1.50. The number of anilines is 1. The van der Waals surface area contributed by atoms with E-state index in [4.69, 9.17) is 5.73 Å². The van der Waals surface area contributed by atoms with E-state index < -0.39 is 20.7 Å². The minimum Gasteiger partial charge on any atom is -0.399 e. The van der Waals surface area contributed by atoms with Crippen molar-refractivity contribution in [2.45, 2.75) is 0 Å². The van der Waals surface area contributed by atoms with Crippen LogP contribution in [0.5, 0.6) is 0 Å². The molecule has 0 aromatic heterocycles. The number of carbonyl (C=O) groups excluding carboxylic acids is 1. The highest BCUT2D eigenvalue weighted by molar-refractivity contribution is 14.2. The highest BCUT2D eigenvalue weighted by Gasteiger charge is 2.09. The highest BCUT2D eigenvalue weighted by Crippen LogP contribution is 2.14. The monoisotopic (exact) mass is 344 g/mol. The number of hydrogen-bond acceptors (Lipinski definition) is 2. The lowest BCUT2D eigenvalue weighted by Gasteiger charge is -2.07. The van der Waals surface area contributed by atoms with E-state index in [1.165, 1.54) is 24.3 Å². The van der Waals surface area contributed by atoms with Gasteiger partial charge in [0.1, 0.15) is 5.82 Å². The molecule has 1 amide bonds. The molecule has 1 aromatic rings. The van der Waals surface area contributed by atoms with Crippen LogP contribution < -0.4 is 11.1 Å². The van der Waals surface area contributed by atoms with Gasteiger partial charge in [-0.25, -0.2) is 4.39 Å². The van der Waals surface area contributed by atoms with Crippen LogP contribution in [0.1, 0.15) is 0 Å². The van der Waals surface area contributed by atoms with Crippen molar-refractivity contribution in [1.82, 2.24) is 0 Å². The van der Waals surface area contributed by atoms with Crippen LogP contribution in [0, 0.1) is 5.82 Å². The van der Waals surface area contributed by atoms with Gasteiger partial charge in [-0.2, -0.15) is 0 Å². The summed E-state index contributed by atoms with van der Waals surface area (Å²) < 4.78 is 15.3. The van der Waals surface area contributed by atoms with Crippen LogP contribution in [-0.4, -0.2) is 9.42 Å². The summed E-state index contributed by atoms with van der Waals surface area (Å²) in [7, 11) is 0. The maximum absolute atomic E-state index is 12.7. The van der Waals surface area contributed by atoms with Gasteiger partial charge in [-0.1, -0.05) is 20.7 Å². The molecule has 0 saturated heterocycles. The summed E-state index contributed by atoms with van der Waals surface area (Å²) in [6.45, 7) is 0. The van der Waals surface area contributed by atoms with Gasteiger partial charge in [-0.3, -0.25) is 4.79 Å². The van der Waals surface area contributed by atoms with E-state index in [0.717, 1.165) is 0 Å². The van der Waals surface area contributed by atoms with Crippen LogP contribution in [0.25, 0.3) is 0 Å². The normalized spacial score (nSPS) is 14.4. The van der Waals surface area contributed by atoms with Gasteiger partial charge < -0.3 is 11.1 Å². The third kappa shape index (κ3) is 3.23. The molecule has 2 rings (SSSR count). The van der Waals surface area contributed by atoms with Gasteiger partial charge in [0.25, 0.3) is 5.91 Å². The minimum absolute atomic E-state index is 0.170. The van der Waals surface area contributed by atoms with Gasteiger partial charge in [0.2, 0.25) is 0 Å². The first kappa shape index (κ1) is 12.0. The van der Waals surface area contributed by atoms with Crippen molar-refractivity contribution in [3.05, 3.63) is 52.0 Å². The van der Waals surface area contributed by atoms with Crippen LogP contribution in [0.4, 0.5) is 10.1 Å². The Morgan fingerprint density at radius 3 is 2.65 bits per heavy atom. The Morgan fingerprint density at radius 1 is 1.29 bits per heavy atom. The quantitative estimate of drug-likeness (QED) is 0.809. The molecule has 5 heteroatoms. The number of allylic oxidation sites excluding steroid dienone is 1. The molecule has 1 aromatic carbocycles. The summed E-state index contributed by atoms with van der Waals surface area (Å²) in [6.07, 6.45) is 3.49. The lowest BCUT2D eigenvalue weighted by Crippen LogP contribution is -2.21. The molecular formula is C12H10FIN2O. The summed E-state index contributed by atoms with van der Waals surface area (Å²) >= 11 is -0.430. The lowest BCUT2D eigenvalue weighted by molar-refractivity contribution is -0.110. The molecule has 17 heavy (non-hydrogen) atoms. The van der Waals surface area contributed by atoms with Crippen LogP contribution >= 0.6 is 20.7 Å². The number of nitrogens with two attached hydrogens (primary N) is 1. The van der Waals surface area contributed by atoms with E-state index >= 15 is 0 Å². The Morgan fingerprint density at radius 2 is 2.00 bits per heavy atom. The molecule has 1 heterocycles. The molecule has 1 aliphatic rings. The van der Waals surface area contributed by atoms with Crippen LogP contribution in [-0.2, 0) is 4.79 Å². The van der Waals surface area contributed by atoms with Gasteiger partial charge in [-0.05, 0) is 40.5 Å². The first-order valence-corrected chi connectivity index (χ1v) is 7.18. The number of hydrogen-bond donors (Lipinski definition) is 2. The summed E-state index contributed by atoms with van der Waals surface area (Å²) in [5, 5.41) is 2.71. The van der Waals surface area contributed by atoms with Gasteiger partial charge in [0.15, 0.2) is 0 Å². The number of rotatable bonds is 2. The third-order valence-corrected chi connectivity index (χ3v) is 4.24. The number of halogens is 2. The molecule has 0 unspecified atom stereocenters. The summed E-state index contributed by atoms with van der Waals surface area (Å²) in [5.41, 5.74) is 6.78. The number of benzene rings is 1. The summed E-state index contributed by atoms with van der Waals surface area (Å²) in [6, 6.07) is 5.66. The lowest BCUT2D eigenvalue weighted by atomic mass is 10.2. The van der Waals surface area contributed by atoms with E-state index in [-0.39, 0.29) is 11.7 Å². The minimum atomic E-state index is -0.430. The van der Waals surface area contributed by atoms with Gasteiger partial charge in [-0.15, -0.1) is 0 Å². The third-order valence-electron chi connectivity index (χ3n) is 2.05. The van der Waals surface area contributed by atoms with Crippen molar-refractivity contribution in [3.8, 4) is 0 Å². The SMILES string of the molecule is NC1=CC(C(=O)Nc2ccc(F)cc2)=IC=C1. The van der Waals surface area contributed by atoms with Gasteiger partial charge >= 0.3 is 0 Å². The average molecular weight is 344 g/mol. The molecule has 88 valence electrons. The van der Waals surface area contributed by atoms with Crippen molar-refractivity contribution < 1.29 is 9.18 Å². The molecular weight excluding hydrogens is 334 g/mol. The van der Waals surface area contributed by atoms with E-state index in [1.54, 1.807) is 6.08 Å².